The smallest absolute Gasteiger partial charge is 0.251 e. The van der Waals surface area contributed by atoms with Crippen molar-refractivity contribution in [2.45, 2.75) is 19.4 Å². The van der Waals surface area contributed by atoms with Crippen LogP contribution in [0.25, 0.3) is 0 Å². The summed E-state index contributed by atoms with van der Waals surface area (Å²) in [6.45, 7) is 5.70. The fraction of sp³-hybridized carbons (Fsp3) is 0.368. The third-order valence-electron chi connectivity index (χ3n) is 3.68. The molecular formula is C19H26N4O2S. The van der Waals surface area contributed by atoms with Crippen molar-refractivity contribution in [1.29, 1.82) is 0 Å². The van der Waals surface area contributed by atoms with Gasteiger partial charge in [0.1, 0.15) is 5.60 Å². The lowest BCUT2D eigenvalue weighted by Gasteiger charge is -2.20. The molecule has 0 bridgehead atoms. The first-order chi connectivity index (χ1) is 12.5. The topological polar surface area (TPSA) is 85.8 Å². The zero-order chi connectivity index (χ0) is 18.8. The van der Waals surface area contributed by atoms with Crippen LogP contribution in [-0.4, -0.2) is 43.2 Å². The van der Waals surface area contributed by atoms with Gasteiger partial charge in [-0.25, -0.2) is 4.99 Å². The number of thiophene rings is 1. The first-order valence-electron chi connectivity index (χ1n) is 8.64. The average Bonchev–Trinajstić information content (AvgIpc) is 3.19. The van der Waals surface area contributed by atoms with Gasteiger partial charge in [0.15, 0.2) is 5.96 Å². The van der Waals surface area contributed by atoms with E-state index in [1.165, 1.54) is 11.3 Å². The van der Waals surface area contributed by atoms with E-state index in [1.807, 2.05) is 42.6 Å². The molecule has 6 nitrogen and oxygen atoms in total. The van der Waals surface area contributed by atoms with Gasteiger partial charge in [-0.15, -0.1) is 11.3 Å². The lowest BCUT2D eigenvalue weighted by molar-refractivity contribution is 0.0711. The van der Waals surface area contributed by atoms with Crippen LogP contribution in [0.1, 0.15) is 29.1 Å². The zero-order valence-corrected chi connectivity index (χ0v) is 16.0. The van der Waals surface area contributed by atoms with Gasteiger partial charge in [0, 0.05) is 30.1 Å². The molecule has 1 aromatic heterocycles. The molecule has 140 valence electrons. The number of carbonyl (C=O) groups excluding carboxylic acids is 1. The molecule has 0 fully saturated rings. The van der Waals surface area contributed by atoms with Crippen LogP contribution in [-0.2, 0) is 5.60 Å². The summed E-state index contributed by atoms with van der Waals surface area (Å²) in [5.41, 5.74) is -0.363. The maximum Gasteiger partial charge on any atom is 0.251 e. The van der Waals surface area contributed by atoms with Crippen LogP contribution in [0.15, 0.2) is 52.8 Å². The van der Waals surface area contributed by atoms with Crippen molar-refractivity contribution in [2.24, 2.45) is 4.99 Å². The highest BCUT2D eigenvalue weighted by molar-refractivity contribution is 7.10. The number of rotatable bonds is 8. The highest BCUT2D eigenvalue weighted by atomic mass is 32.1. The van der Waals surface area contributed by atoms with E-state index in [0.29, 0.717) is 31.2 Å². The molecule has 26 heavy (non-hydrogen) atoms. The number of aliphatic imine (C=N–C) groups is 1. The van der Waals surface area contributed by atoms with E-state index in [1.54, 1.807) is 19.1 Å². The maximum absolute atomic E-state index is 12.0. The molecule has 2 aromatic rings. The van der Waals surface area contributed by atoms with E-state index >= 15 is 0 Å². The third-order valence-corrected chi connectivity index (χ3v) is 4.80. The minimum atomic E-state index is -1.00. The Kier molecular flexibility index (Phi) is 7.62. The van der Waals surface area contributed by atoms with Crippen molar-refractivity contribution in [3.63, 3.8) is 0 Å². The monoisotopic (exact) mass is 374 g/mol. The van der Waals surface area contributed by atoms with E-state index in [9.17, 15) is 9.90 Å². The van der Waals surface area contributed by atoms with Crippen molar-refractivity contribution in [2.75, 3.05) is 26.2 Å². The van der Waals surface area contributed by atoms with Gasteiger partial charge in [-0.3, -0.25) is 4.79 Å². The van der Waals surface area contributed by atoms with Crippen LogP contribution in [0.2, 0.25) is 0 Å². The average molecular weight is 375 g/mol. The Balaban J connectivity index is 1.81. The molecule has 1 aromatic carbocycles. The molecule has 0 aliphatic carbocycles. The molecule has 0 aliphatic heterocycles. The molecule has 0 aliphatic rings. The van der Waals surface area contributed by atoms with Crippen LogP contribution in [0.4, 0.5) is 0 Å². The van der Waals surface area contributed by atoms with Crippen molar-refractivity contribution in [3.8, 4) is 0 Å². The Morgan fingerprint density at radius 3 is 2.50 bits per heavy atom. The Labute approximate surface area is 158 Å². The number of hydrogen-bond acceptors (Lipinski definition) is 4. The molecule has 1 atom stereocenters. The summed E-state index contributed by atoms with van der Waals surface area (Å²) in [7, 11) is 0. The summed E-state index contributed by atoms with van der Waals surface area (Å²) in [5, 5.41) is 21.6. The quantitative estimate of drug-likeness (QED) is 0.323. The molecule has 0 radical (unpaired) electrons. The van der Waals surface area contributed by atoms with E-state index in [4.69, 9.17) is 0 Å². The minimum absolute atomic E-state index is 0.102. The molecule has 0 saturated carbocycles. The molecule has 4 N–H and O–H groups in total. The van der Waals surface area contributed by atoms with Gasteiger partial charge in [0.25, 0.3) is 5.91 Å². The second kappa shape index (κ2) is 9.94. The number of amides is 1. The van der Waals surface area contributed by atoms with Gasteiger partial charge in [0.05, 0.1) is 6.54 Å². The molecule has 1 amide bonds. The first kappa shape index (κ1) is 19.9. The fourth-order valence-corrected chi connectivity index (χ4v) is 3.07. The molecular weight excluding hydrogens is 348 g/mol. The van der Waals surface area contributed by atoms with Gasteiger partial charge in [-0.2, -0.15) is 0 Å². The summed E-state index contributed by atoms with van der Waals surface area (Å²) >= 11 is 1.51. The van der Waals surface area contributed by atoms with Gasteiger partial charge in [0.2, 0.25) is 0 Å². The maximum atomic E-state index is 12.0. The predicted molar refractivity (Wildman–Crippen MR) is 107 cm³/mol. The molecule has 0 saturated heterocycles. The summed E-state index contributed by atoms with van der Waals surface area (Å²) in [6, 6.07) is 12.9. The van der Waals surface area contributed by atoms with Crippen molar-refractivity contribution < 1.29 is 9.90 Å². The third kappa shape index (κ3) is 6.16. The molecule has 1 unspecified atom stereocenters. The van der Waals surface area contributed by atoms with Crippen LogP contribution in [0.5, 0.6) is 0 Å². The summed E-state index contributed by atoms with van der Waals surface area (Å²) in [5.74, 6) is 0.508. The lowest BCUT2D eigenvalue weighted by atomic mass is 10.1. The Morgan fingerprint density at radius 2 is 1.85 bits per heavy atom. The summed E-state index contributed by atoms with van der Waals surface area (Å²) in [4.78, 5) is 17.3. The number of hydrogen-bond donors (Lipinski definition) is 4. The highest BCUT2D eigenvalue weighted by Crippen LogP contribution is 2.25. The van der Waals surface area contributed by atoms with Gasteiger partial charge in [-0.05, 0) is 37.4 Å². The summed E-state index contributed by atoms with van der Waals surface area (Å²) < 4.78 is 0. The lowest BCUT2D eigenvalue weighted by Crippen LogP contribution is -2.42. The van der Waals surface area contributed by atoms with Gasteiger partial charge < -0.3 is 21.1 Å². The second-order valence-electron chi connectivity index (χ2n) is 6.00. The number of nitrogens with zero attached hydrogens (tertiary/aromatic N) is 1. The van der Waals surface area contributed by atoms with E-state index in [2.05, 4.69) is 20.9 Å². The van der Waals surface area contributed by atoms with Crippen molar-refractivity contribution in [1.82, 2.24) is 16.0 Å². The number of guanidine groups is 1. The Bertz CT molecular complexity index is 700. The molecule has 0 spiro atoms. The Morgan fingerprint density at radius 1 is 1.12 bits per heavy atom. The van der Waals surface area contributed by atoms with Crippen LogP contribution >= 0.6 is 11.3 Å². The SMILES string of the molecule is CCNC(=NCC(C)(O)c1cccs1)NCCNC(=O)c1ccccc1. The number of benzene rings is 1. The molecule has 1 heterocycles. The normalized spacial score (nSPS) is 13.7. The summed E-state index contributed by atoms with van der Waals surface area (Å²) in [6.07, 6.45) is 0. The second-order valence-corrected chi connectivity index (χ2v) is 6.94. The Hall–Kier alpha value is -2.38. The first-order valence-corrected chi connectivity index (χ1v) is 9.52. The van der Waals surface area contributed by atoms with Gasteiger partial charge >= 0.3 is 0 Å². The number of carbonyl (C=O) groups is 1. The number of aliphatic hydroxyl groups is 1. The highest BCUT2D eigenvalue weighted by Gasteiger charge is 2.23. The minimum Gasteiger partial charge on any atom is -0.383 e. The zero-order valence-electron chi connectivity index (χ0n) is 15.2. The van der Waals surface area contributed by atoms with Crippen molar-refractivity contribution in [3.05, 3.63) is 58.3 Å². The van der Waals surface area contributed by atoms with Crippen LogP contribution < -0.4 is 16.0 Å². The van der Waals surface area contributed by atoms with E-state index in [-0.39, 0.29) is 12.5 Å². The molecule has 2 rings (SSSR count). The fourth-order valence-electron chi connectivity index (χ4n) is 2.29. The van der Waals surface area contributed by atoms with Gasteiger partial charge in [-0.1, -0.05) is 24.3 Å². The predicted octanol–water partition coefficient (Wildman–Crippen LogP) is 1.94. The molecule has 7 heteroatoms. The van der Waals surface area contributed by atoms with Crippen LogP contribution in [0, 0.1) is 0 Å². The standard InChI is InChI=1S/C19H26N4O2S/c1-3-20-18(23-14-19(2,25)16-10-7-13-26-16)22-12-11-21-17(24)15-8-5-4-6-9-15/h4-10,13,25H,3,11-12,14H2,1-2H3,(H,21,24)(H2,20,22,23). The van der Waals surface area contributed by atoms with E-state index in [0.717, 1.165) is 4.88 Å². The van der Waals surface area contributed by atoms with Crippen LogP contribution in [0.3, 0.4) is 0 Å². The van der Waals surface area contributed by atoms with E-state index < -0.39 is 5.60 Å². The van der Waals surface area contributed by atoms with Crippen molar-refractivity contribution >= 4 is 23.2 Å². The number of nitrogens with one attached hydrogen (secondary N) is 3. The largest absolute Gasteiger partial charge is 0.383 e.